The third-order valence-corrected chi connectivity index (χ3v) is 5.92. The predicted molar refractivity (Wildman–Crippen MR) is 102 cm³/mol. The molecule has 142 valence electrons. The Morgan fingerprint density at radius 3 is 2.67 bits per heavy atom. The summed E-state index contributed by atoms with van der Waals surface area (Å²) in [7, 11) is -3.81. The van der Waals surface area contributed by atoms with Gasteiger partial charge in [-0.1, -0.05) is 17.7 Å². The maximum absolute atomic E-state index is 12.5. The van der Waals surface area contributed by atoms with E-state index in [1.54, 1.807) is 40.4 Å². The normalized spacial score (nSPS) is 12.3. The first kappa shape index (κ1) is 19.1. The van der Waals surface area contributed by atoms with Crippen LogP contribution in [0.4, 0.5) is 0 Å². The summed E-state index contributed by atoms with van der Waals surface area (Å²) in [6, 6.07) is 9.82. The molecule has 3 rings (SSSR count). The van der Waals surface area contributed by atoms with E-state index in [0.717, 1.165) is 5.56 Å². The van der Waals surface area contributed by atoms with Crippen LogP contribution in [0.5, 0.6) is 0 Å². The quantitative estimate of drug-likeness (QED) is 0.682. The van der Waals surface area contributed by atoms with E-state index in [1.807, 2.05) is 13.8 Å². The van der Waals surface area contributed by atoms with Gasteiger partial charge in [-0.15, -0.1) is 15.7 Å². The number of hydrogen-bond donors (Lipinski definition) is 1. The van der Waals surface area contributed by atoms with Gasteiger partial charge in [-0.25, -0.2) is 0 Å². The summed E-state index contributed by atoms with van der Waals surface area (Å²) >= 11 is 1.21. The van der Waals surface area contributed by atoms with Crippen LogP contribution in [0.3, 0.4) is 0 Å². The van der Waals surface area contributed by atoms with Gasteiger partial charge < -0.3 is 14.3 Å². The van der Waals surface area contributed by atoms with E-state index >= 15 is 0 Å². The molecule has 0 aliphatic rings. The van der Waals surface area contributed by atoms with Crippen molar-refractivity contribution < 1.29 is 17.6 Å². The van der Waals surface area contributed by atoms with Crippen molar-refractivity contribution in [1.82, 2.24) is 9.88 Å². The smallest absolute Gasteiger partial charge is 0.286 e. The predicted octanol–water partition coefficient (Wildman–Crippen LogP) is 2.54. The number of aromatic nitrogens is 1. The number of thiazole rings is 1. The number of furan rings is 1. The molecule has 0 radical (unpaired) electrons. The van der Waals surface area contributed by atoms with Crippen molar-refractivity contribution in [3.05, 3.63) is 69.9 Å². The van der Waals surface area contributed by atoms with Gasteiger partial charge in [0.05, 0.1) is 11.4 Å². The zero-order chi connectivity index (χ0) is 19.4. The van der Waals surface area contributed by atoms with Crippen molar-refractivity contribution in [3.63, 3.8) is 0 Å². The molecule has 0 spiro atoms. The fourth-order valence-corrected chi connectivity index (χ4v) is 4.31. The Bertz CT molecular complexity index is 1110. The average Bonchev–Trinajstić information content (AvgIpc) is 3.26. The van der Waals surface area contributed by atoms with Crippen molar-refractivity contribution in [2.75, 3.05) is 6.54 Å². The monoisotopic (exact) mass is 405 g/mol. The molecule has 0 bridgehead atoms. The number of rotatable bonds is 6. The molecule has 0 aliphatic carbocycles. The number of carbonyl (C=O) groups excluding carboxylic acids is 1. The van der Waals surface area contributed by atoms with Gasteiger partial charge in [0.2, 0.25) is 4.80 Å². The van der Waals surface area contributed by atoms with Crippen LogP contribution in [0.25, 0.3) is 0 Å². The Kier molecular flexibility index (Phi) is 5.62. The highest BCUT2D eigenvalue weighted by Crippen LogP contribution is 2.13. The van der Waals surface area contributed by atoms with Crippen LogP contribution < -0.4 is 10.1 Å². The van der Waals surface area contributed by atoms with Gasteiger partial charge >= 0.3 is 0 Å². The summed E-state index contributed by atoms with van der Waals surface area (Å²) in [5.41, 5.74) is 0.973. The Hall–Kier alpha value is -2.65. The summed E-state index contributed by atoms with van der Waals surface area (Å²) in [6.07, 6.45) is 1.72. The fraction of sp³-hybridized carbons (Fsp3) is 0.222. The molecule has 1 amide bonds. The number of benzene rings is 1. The summed E-state index contributed by atoms with van der Waals surface area (Å²) in [5, 5.41) is 4.41. The number of hydrogen-bond acceptors (Lipinski definition) is 5. The largest absolute Gasteiger partial charge is 0.454 e. The molecular weight excluding hydrogens is 386 g/mol. The summed E-state index contributed by atoms with van der Waals surface area (Å²) < 4.78 is 36.2. The Labute approximate surface area is 161 Å². The lowest BCUT2D eigenvalue weighted by atomic mass is 10.2. The lowest BCUT2D eigenvalue weighted by molar-refractivity contribution is 0.0926. The molecule has 0 saturated carbocycles. The van der Waals surface area contributed by atoms with E-state index in [1.165, 1.54) is 23.5 Å². The van der Waals surface area contributed by atoms with Gasteiger partial charge in [0.1, 0.15) is 5.76 Å². The highest BCUT2D eigenvalue weighted by Gasteiger charge is 2.14. The van der Waals surface area contributed by atoms with Crippen LogP contribution in [0.15, 0.2) is 61.7 Å². The minimum Gasteiger partial charge on any atom is -0.454 e. The Morgan fingerprint density at radius 1 is 1.22 bits per heavy atom. The van der Waals surface area contributed by atoms with Gasteiger partial charge in [-0.05, 0) is 38.1 Å². The molecular formula is C18H19N3O4S2. The van der Waals surface area contributed by atoms with Crippen molar-refractivity contribution in [2.24, 2.45) is 4.40 Å². The van der Waals surface area contributed by atoms with Crippen LogP contribution in [0, 0.1) is 6.92 Å². The molecule has 1 aromatic carbocycles. The van der Waals surface area contributed by atoms with Gasteiger partial charge in [0, 0.05) is 18.1 Å². The maximum atomic E-state index is 12.5. The van der Waals surface area contributed by atoms with Crippen molar-refractivity contribution in [1.29, 1.82) is 0 Å². The lowest BCUT2D eigenvalue weighted by Crippen LogP contribution is -2.22. The van der Waals surface area contributed by atoms with E-state index in [9.17, 15) is 13.2 Å². The SMILES string of the molecule is CCNC(=O)c1ccc(Cn2ccsc2=NS(=O)(=O)c2ccc(C)cc2)o1. The Morgan fingerprint density at radius 2 is 1.96 bits per heavy atom. The van der Waals surface area contributed by atoms with E-state index in [4.69, 9.17) is 4.42 Å². The fourth-order valence-electron chi connectivity index (χ4n) is 2.36. The zero-order valence-electron chi connectivity index (χ0n) is 14.9. The molecule has 0 atom stereocenters. The second kappa shape index (κ2) is 7.93. The summed E-state index contributed by atoms with van der Waals surface area (Å²) in [5.74, 6) is 0.461. The van der Waals surface area contributed by atoms with Crippen molar-refractivity contribution in [3.8, 4) is 0 Å². The summed E-state index contributed by atoms with van der Waals surface area (Å²) in [4.78, 5) is 12.3. The molecule has 7 nitrogen and oxygen atoms in total. The van der Waals surface area contributed by atoms with Crippen LogP contribution in [-0.4, -0.2) is 25.4 Å². The molecule has 0 fully saturated rings. The second-order valence-electron chi connectivity index (χ2n) is 5.82. The number of nitrogens with one attached hydrogen (secondary N) is 1. The highest BCUT2D eigenvalue weighted by atomic mass is 32.2. The standard InChI is InChI=1S/C18H19N3O4S2/c1-3-19-17(22)16-9-6-14(25-16)12-21-10-11-26-18(21)20-27(23,24)15-7-4-13(2)5-8-15/h4-11H,3,12H2,1-2H3,(H,19,22). The topological polar surface area (TPSA) is 93.7 Å². The third-order valence-electron chi connectivity index (χ3n) is 3.73. The number of aryl methyl sites for hydroxylation is 1. The average molecular weight is 406 g/mol. The molecule has 0 saturated heterocycles. The number of amides is 1. The number of sulfonamides is 1. The van der Waals surface area contributed by atoms with Gasteiger partial charge in [0.15, 0.2) is 5.76 Å². The number of carbonyl (C=O) groups is 1. The maximum Gasteiger partial charge on any atom is 0.286 e. The zero-order valence-corrected chi connectivity index (χ0v) is 16.5. The molecule has 0 aliphatic heterocycles. The summed E-state index contributed by atoms with van der Waals surface area (Å²) in [6.45, 7) is 4.49. The lowest BCUT2D eigenvalue weighted by Gasteiger charge is -2.02. The van der Waals surface area contributed by atoms with E-state index in [-0.39, 0.29) is 23.1 Å². The first-order valence-electron chi connectivity index (χ1n) is 8.27. The molecule has 0 unspecified atom stereocenters. The van der Waals surface area contributed by atoms with E-state index in [0.29, 0.717) is 17.1 Å². The molecule has 2 aromatic heterocycles. The van der Waals surface area contributed by atoms with E-state index in [2.05, 4.69) is 9.71 Å². The molecule has 27 heavy (non-hydrogen) atoms. The molecule has 9 heteroatoms. The minimum absolute atomic E-state index is 0.143. The van der Waals surface area contributed by atoms with Crippen LogP contribution in [0.1, 0.15) is 28.8 Å². The van der Waals surface area contributed by atoms with Gasteiger partial charge in [-0.3, -0.25) is 4.79 Å². The first-order chi connectivity index (χ1) is 12.9. The van der Waals surface area contributed by atoms with Gasteiger partial charge in [0.25, 0.3) is 15.9 Å². The van der Waals surface area contributed by atoms with Crippen molar-refractivity contribution >= 4 is 27.3 Å². The highest BCUT2D eigenvalue weighted by molar-refractivity contribution is 7.90. The molecule has 2 heterocycles. The van der Waals surface area contributed by atoms with Crippen LogP contribution in [-0.2, 0) is 16.6 Å². The van der Waals surface area contributed by atoms with E-state index < -0.39 is 10.0 Å². The Balaban J connectivity index is 1.87. The molecule has 1 N–H and O–H groups in total. The third kappa shape index (κ3) is 4.55. The first-order valence-corrected chi connectivity index (χ1v) is 10.6. The minimum atomic E-state index is -3.81. The van der Waals surface area contributed by atoms with Crippen LogP contribution >= 0.6 is 11.3 Å². The van der Waals surface area contributed by atoms with Crippen molar-refractivity contribution in [2.45, 2.75) is 25.3 Å². The van der Waals surface area contributed by atoms with Gasteiger partial charge in [-0.2, -0.15) is 8.42 Å². The van der Waals surface area contributed by atoms with Crippen LogP contribution in [0.2, 0.25) is 0 Å². The second-order valence-corrected chi connectivity index (χ2v) is 8.30. The molecule has 3 aromatic rings. The number of nitrogens with zero attached hydrogens (tertiary/aromatic N) is 2.